The zero-order chi connectivity index (χ0) is 23.4. The summed E-state index contributed by atoms with van der Waals surface area (Å²) in [6, 6.07) is 21.4. The van der Waals surface area contributed by atoms with Crippen LogP contribution in [0.15, 0.2) is 66.2 Å². The molecule has 0 bridgehead atoms. The van der Waals surface area contributed by atoms with Crippen molar-refractivity contribution in [2.24, 2.45) is 0 Å². The summed E-state index contributed by atoms with van der Waals surface area (Å²) < 4.78 is 22.3. The lowest BCUT2D eigenvalue weighted by Crippen LogP contribution is -2.13. The van der Waals surface area contributed by atoms with Crippen molar-refractivity contribution in [3.05, 3.63) is 100 Å². The largest absolute Gasteiger partial charge is 0.488 e. The van der Waals surface area contributed by atoms with E-state index in [-0.39, 0.29) is 11.2 Å². The molecule has 1 aromatic heterocycles. The van der Waals surface area contributed by atoms with Crippen LogP contribution in [-0.2, 0) is 18.6 Å². The Morgan fingerprint density at radius 3 is 2.71 bits per heavy atom. The molecule has 1 fully saturated rings. The van der Waals surface area contributed by atoms with Crippen molar-refractivity contribution < 1.29 is 9.13 Å². The fourth-order valence-electron chi connectivity index (χ4n) is 4.98. The van der Waals surface area contributed by atoms with Gasteiger partial charge in [-0.15, -0.1) is 0 Å². The van der Waals surface area contributed by atoms with E-state index in [1.54, 1.807) is 13.0 Å². The van der Waals surface area contributed by atoms with Crippen LogP contribution in [0.5, 0.6) is 5.75 Å². The highest BCUT2D eigenvalue weighted by atomic mass is 19.1. The summed E-state index contributed by atoms with van der Waals surface area (Å²) >= 11 is 0. The zero-order valence-electron chi connectivity index (χ0n) is 19.2. The highest BCUT2D eigenvalue weighted by Crippen LogP contribution is 2.48. The van der Waals surface area contributed by atoms with Crippen LogP contribution in [0.2, 0.25) is 0 Å². The first-order chi connectivity index (χ1) is 16.5. The summed E-state index contributed by atoms with van der Waals surface area (Å²) in [5.74, 6) is 1.25. The number of hydrogen-bond donors (Lipinski definition) is 0. The molecule has 6 rings (SSSR count). The van der Waals surface area contributed by atoms with E-state index in [1.807, 2.05) is 6.07 Å². The average Bonchev–Trinajstić information content (AvgIpc) is 3.52. The summed E-state index contributed by atoms with van der Waals surface area (Å²) in [4.78, 5) is 4.99. The topological polar surface area (TPSA) is 50.8 Å². The molecule has 1 saturated carbocycles. The van der Waals surface area contributed by atoms with E-state index in [4.69, 9.17) is 9.72 Å². The zero-order valence-corrected chi connectivity index (χ0v) is 19.2. The summed E-state index contributed by atoms with van der Waals surface area (Å²) in [5, 5.41) is 9.69. The van der Waals surface area contributed by atoms with Crippen LogP contribution < -0.4 is 4.74 Å². The molecule has 5 heteroatoms. The maximum absolute atomic E-state index is 13.9. The Hall–Kier alpha value is -3.91. The number of hydrogen-bond acceptors (Lipinski definition) is 3. The number of halogens is 1. The quantitative estimate of drug-likeness (QED) is 0.335. The van der Waals surface area contributed by atoms with Crippen molar-refractivity contribution in [3.8, 4) is 11.8 Å². The van der Waals surface area contributed by atoms with Gasteiger partial charge in [-0.3, -0.25) is 0 Å². The highest BCUT2D eigenvalue weighted by molar-refractivity contribution is 5.88. The second kappa shape index (κ2) is 7.56. The number of nitrogens with zero attached hydrogens (tertiary/aromatic N) is 3. The van der Waals surface area contributed by atoms with E-state index < -0.39 is 0 Å². The summed E-state index contributed by atoms with van der Waals surface area (Å²) in [5.41, 5.74) is 7.52. The van der Waals surface area contributed by atoms with Crippen molar-refractivity contribution in [3.63, 3.8) is 0 Å². The van der Waals surface area contributed by atoms with E-state index in [9.17, 15) is 9.65 Å². The van der Waals surface area contributed by atoms with Gasteiger partial charge < -0.3 is 9.30 Å². The van der Waals surface area contributed by atoms with Gasteiger partial charge in [-0.25, -0.2) is 9.37 Å². The molecule has 2 aliphatic rings. The molecule has 0 atom stereocenters. The van der Waals surface area contributed by atoms with Gasteiger partial charge in [0.2, 0.25) is 0 Å². The highest BCUT2D eigenvalue weighted by Gasteiger charge is 2.43. The molecule has 4 aromatic rings. The Bertz CT molecular complexity index is 1540. The molecule has 34 heavy (non-hydrogen) atoms. The van der Waals surface area contributed by atoms with Crippen LogP contribution in [0, 0.1) is 17.1 Å². The number of para-hydroxylation sites is 2. The SMILES string of the molecule is CC(C#N)=C1c2ccc(Cn3c(C4(C)CC4)nc4ccccc43)cc2COc2cc(F)ccc21. The number of allylic oxidation sites excluding steroid dienone is 1. The van der Waals surface area contributed by atoms with Gasteiger partial charge in [0, 0.05) is 34.7 Å². The maximum atomic E-state index is 13.9. The molecule has 0 amide bonds. The van der Waals surface area contributed by atoms with Crippen molar-refractivity contribution in [2.45, 2.75) is 45.3 Å². The minimum absolute atomic E-state index is 0.138. The number of aromatic nitrogens is 2. The van der Waals surface area contributed by atoms with Crippen molar-refractivity contribution in [1.29, 1.82) is 5.26 Å². The van der Waals surface area contributed by atoms with E-state index in [1.165, 1.54) is 12.1 Å². The fraction of sp³-hybridized carbons (Fsp3) is 0.241. The van der Waals surface area contributed by atoms with E-state index >= 15 is 0 Å². The predicted molar refractivity (Wildman–Crippen MR) is 130 cm³/mol. The lowest BCUT2D eigenvalue weighted by molar-refractivity contribution is 0.305. The molecule has 0 spiro atoms. The Kier molecular flexibility index (Phi) is 4.60. The molecule has 3 aromatic carbocycles. The van der Waals surface area contributed by atoms with Crippen LogP contribution >= 0.6 is 0 Å². The normalized spacial score (nSPS) is 17.2. The first-order valence-corrected chi connectivity index (χ1v) is 11.6. The number of nitriles is 1. The first-order valence-electron chi connectivity index (χ1n) is 11.6. The van der Waals surface area contributed by atoms with Gasteiger partial charge in [-0.2, -0.15) is 5.26 Å². The first kappa shape index (κ1) is 20.7. The van der Waals surface area contributed by atoms with E-state index in [0.29, 0.717) is 24.5 Å². The number of benzene rings is 3. The lowest BCUT2D eigenvalue weighted by Gasteiger charge is -2.16. The summed E-state index contributed by atoms with van der Waals surface area (Å²) in [7, 11) is 0. The van der Waals surface area contributed by atoms with Gasteiger partial charge in [-0.1, -0.05) is 31.2 Å². The van der Waals surface area contributed by atoms with Gasteiger partial charge >= 0.3 is 0 Å². The Morgan fingerprint density at radius 1 is 1.12 bits per heavy atom. The summed E-state index contributed by atoms with van der Waals surface area (Å²) in [6.45, 7) is 5.10. The van der Waals surface area contributed by atoms with Gasteiger partial charge in [0.25, 0.3) is 0 Å². The Balaban J connectivity index is 1.46. The number of imidazole rings is 1. The second-order valence-corrected chi connectivity index (χ2v) is 9.60. The number of fused-ring (bicyclic) bond motifs is 3. The predicted octanol–water partition coefficient (Wildman–Crippen LogP) is 6.51. The summed E-state index contributed by atoms with van der Waals surface area (Å²) in [6.07, 6.45) is 2.31. The molecule has 0 N–H and O–H groups in total. The third kappa shape index (κ3) is 3.30. The minimum atomic E-state index is -0.354. The van der Waals surface area contributed by atoms with Crippen molar-refractivity contribution in [2.75, 3.05) is 0 Å². The maximum Gasteiger partial charge on any atom is 0.130 e. The molecule has 0 saturated heterocycles. The Morgan fingerprint density at radius 2 is 1.91 bits per heavy atom. The minimum Gasteiger partial charge on any atom is -0.488 e. The van der Waals surface area contributed by atoms with Crippen molar-refractivity contribution in [1.82, 2.24) is 9.55 Å². The molecular weight excluding hydrogens is 425 g/mol. The van der Waals surface area contributed by atoms with Crippen LogP contribution in [0.25, 0.3) is 16.6 Å². The molecule has 4 nitrogen and oxygen atoms in total. The van der Waals surface area contributed by atoms with E-state index in [2.05, 4.69) is 54.0 Å². The van der Waals surface area contributed by atoms with Crippen LogP contribution in [0.3, 0.4) is 0 Å². The van der Waals surface area contributed by atoms with Crippen LogP contribution in [0.4, 0.5) is 4.39 Å². The average molecular weight is 450 g/mol. The number of ether oxygens (including phenoxy) is 1. The van der Waals surface area contributed by atoms with Gasteiger partial charge in [0.1, 0.15) is 24.0 Å². The van der Waals surface area contributed by atoms with Gasteiger partial charge in [-0.05, 0) is 66.8 Å². The smallest absolute Gasteiger partial charge is 0.130 e. The molecular formula is C29H24FN3O. The molecule has 1 aliphatic carbocycles. The number of rotatable bonds is 3. The van der Waals surface area contributed by atoms with Crippen LogP contribution in [0.1, 0.15) is 54.8 Å². The molecule has 1 aliphatic heterocycles. The third-order valence-corrected chi connectivity index (χ3v) is 7.11. The third-order valence-electron chi connectivity index (χ3n) is 7.11. The standard InChI is InChI=1S/C29H24FN3O/c1-18(15-31)27-22-9-7-19(13-20(22)17-34-26-14-21(30)8-10-23(26)27)16-33-25-6-4-3-5-24(25)32-28(33)29(2)11-12-29/h3-10,13-14H,11-12,16-17H2,1-2H3. The lowest BCUT2D eigenvalue weighted by atomic mass is 9.90. The monoisotopic (exact) mass is 449 g/mol. The van der Waals surface area contributed by atoms with Gasteiger partial charge in [0.05, 0.1) is 17.1 Å². The van der Waals surface area contributed by atoms with Gasteiger partial charge in [0.15, 0.2) is 0 Å². The Labute approximate surface area is 197 Å². The molecule has 0 unspecified atom stereocenters. The second-order valence-electron chi connectivity index (χ2n) is 9.60. The molecule has 0 radical (unpaired) electrons. The molecule has 2 heterocycles. The van der Waals surface area contributed by atoms with Crippen LogP contribution in [-0.4, -0.2) is 9.55 Å². The van der Waals surface area contributed by atoms with E-state index in [0.717, 1.165) is 57.5 Å². The van der Waals surface area contributed by atoms with Crippen molar-refractivity contribution >= 4 is 16.6 Å². The fourth-order valence-corrected chi connectivity index (χ4v) is 4.98. The molecule has 168 valence electrons.